The Morgan fingerprint density at radius 2 is 2.07 bits per heavy atom. The molecule has 1 aromatic carbocycles. The third-order valence-electron chi connectivity index (χ3n) is 1.69. The highest BCUT2D eigenvalue weighted by atomic mass is 35.5. The van der Waals surface area contributed by atoms with Gasteiger partial charge in [-0.3, -0.25) is 0 Å². The number of hydrogen-bond acceptors (Lipinski definition) is 3. The predicted octanol–water partition coefficient (Wildman–Crippen LogP) is 4.09. The second kappa shape index (κ2) is 4.82. The monoisotopic (exact) mass is 241 g/mol. The van der Waals surface area contributed by atoms with Gasteiger partial charge in [0.2, 0.25) is 0 Å². The quantitative estimate of drug-likeness (QED) is 0.751. The maximum atomic E-state index is 5.79. The molecule has 4 heteroatoms. The van der Waals surface area contributed by atoms with Crippen LogP contribution in [-0.2, 0) is 5.75 Å². The molecule has 0 saturated heterocycles. The van der Waals surface area contributed by atoms with E-state index in [-0.39, 0.29) is 0 Å². The lowest BCUT2D eigenvalue weighted by Gasteiger charge is -1.98. The van der Waals surface area contributed by atoms with E-state index in [1.54, 1.807) is 23.1 Å². The largest absolute Gasteiger partial charge is 0.238 e. The number of thiazole rings is 1. The van der Waals surface area contributed by atoms with Crippen molar-refractivity contribution in [1.82, 2.24) is 4.98 Å². The van der Waals surface area contributed by atoms with Crippen molar-refractivity contribution >= 4 is 34.7 Å². The summed E-state index contributed by atoms with van der Waals surface area (Å²) in [5, 5.41) is 2.78. The molecule has 0 atom stereocenters. The molecular weight excluding hydrogens is 234 g/mol. The topological polar surface area (TPSA) is 12.9 Å². The molecule has 0 radical (unpaired) electrons. The van der Waals surface area contributed by atoms with Crippen LogP contribution in [0.1, 0.15) is 5.56 Å². The van der Waals surface area contributed by atoms with Crippen LogP contribution in [0.2, 0.25) is 5.02 Å². The summed E-state index contributed by atoms with van der Waals surface area (Å²) in [4.78, 5) is 4.20. The van der Waals surface area contributed by atoms with Crippen molar-refractivity contribution in [3.05, 3.63) is 46.4 Å². The Labute approximate surface area is 96.1 Å². The molecule has 2 aromatic rings. The van der Waals surface area contributed by atoms with Crippen LogP contribution in [0, 0.1) is 0 Å². The molecule has 0 aliphatic rings. The summed E-state index contributed by atoms with van der Waals surface area (Å²) >= 11 is 9.22. The minimum absolute atomic E-state index is 0.785. The number of halogens is 1. The molecule has 0 spiro atoms. The van der Waals surface area contributed by atoms with Crippen LogP contribution < -0.4 is 0 Å². The summed E-state index contributed by atoms with van der Waals surface area (Å²) in [6.45, 7) is 0. The van der Waals surface area contributed by atoms with Crippen LogP contribution in [-0.4, -0.2) is 4.98 Å². The number of thioether (sulfide) groups is 1. The van der Waals surface area contributed by atoms with Crippen LogP contribution in [0.15, 0.2) is 40.2 Å². The van der Waals surface area contributed by atoms with Gasteiger partial charge in [0.15, 0.2) is 0 Å². The molecule has 2 rings (SSSR count). The van der Waals surface area contributed by atoms with Crippen molar-refractivity contribution in [3.63, 3.8) is 0 Å². The van der Waals surface area contributed by atoms with Crippen molar-refractivity contribution in [2.24, 2.45) is 0 Å². The fraction of sp³-hybridized carbons (Fsp3) is 0.100. The van der Waals surface area contributed by atoms with Gasteiger partial charge < -0.3 is 0 Å². The summed E-state index contributed by atoms with van der Waals surface area (Å²) in [7, 11) is 0. The van der Waals surface area contributed by atoms with Gasteiger partial charge in [-0.15, -0.1) is 11.3 Å². The maximum Gasteiger partial charge on any atom is 0.150 e. The first-order chi connectivity index (χ1) is 6.84. The first-order valence-electron chi connectivity index (χ1n) is 4.11. The van der Waals surface area contributed by atoms with Gasteiger partial charge in [0.1, 0.15) is 4.34 Å². The van der Waals surface area contributed by atoms with Crippen molar-refractivity contribution in [3.8, 4) is 0 Å². The van der Waals surface area contributed by atoms with Gasteiger partial charge in [-0.05, 0) is 17.7 Å². The van der Waals surface area contributed by atoms with Crippen molar-refractivity contribution in [1.29, 1.82) is 0 Å². The number of hydrogen-bond donors (Lipinski definition) is 0. The van der Waals surface area contributed by atoms with Crippen LogP contribution in [0.5, 0.6) is 0 Å². The van der Waals surface area contributed by atoms with Gasteiger partial charge in [-0.1, -0.05) is 35.5 Å². The minimum Gasteiger partial charge on any atom is -0.238 e. The SMILES string of the molecule is Clc1ccc(CSc2nccs2)cc1. The Morgan fingerprint density at radius 3 is 2.71 bits per heavy atom. The Hall–Kier alpha value is -0.510. The normalized spacial score (nSPS) is 10.4. The van der Waals surface area contributed by atoms with Gasteiger partial charge in [0.05, 0.1) is 0 Å². The van der Waals surface area contributed by atoms with Gasteiger partial charge in [0.25, 0.3) is 0 Å². The standard InChI is InChI=1S/C10H8ClNS2/c11-9-3-1-8(2-4-9)7-14-10-12-5-6-13-10/h1-6H,7H2. The molecule has 1 aromatic heterocycles. The summed E-state index contributed by atoms with van der Waals surface area (Å²) in [5.41, 5.74) is 1.27. The van der Waals surface area contributed by atoms with E-state index in [0.717, 1.165) is 15.1 Å². The lowest BCUT2D eigenvalue weighted by atomic mass is 10.2. The Morgan fingerprint density at radius 1 is 1.29 bits per heavy atom. The van der Waals surface area contributed by atoms with E-state index in [4.69, 9.17) is 11.6 Å². The van der Waals surface area contributed by atoms with Crippen LogP contribution in [0.25, 0.3) is 0 Å². The van der Waals surface area contributed by atoms with Gasteiger partial charge >= 0.3 is 0 Å². The fourth-order valence-corrected chi connectivity index (χ4v) is 2.73. The van der Waals surface area contributed by atoms with Crippen LogP contribution in [0.3, 0.4) is 0 Å². The summed E-state index contributed by atoms with van der Waals surface area (Å²) in [5.74, 6) is 0.949. The van der Waals surface area contributed by atoms with E-state index in [1.165, 1.54) is 5.56 Å². The molecule has 1 heterocycles. The lowest BCUT2D eigenvalue weighted by molar-refractivity contribution is 1.24. The van der Waals surface area contributed by atoms with Gasteiger partial charge in [-0.25, -0.2) is 4.98 Å². The van der Waals surface area contributed by atoms with E-state index in [9.17, 15) is 0 Å². The fourth-order valence-electron chi connectivity index (χ4n) is 1.01. The summed E-state index contributed by atoms with van der Waals surface area (Å²) < 4.78 is 1.11. The van der Waals surface area contributed by atoms with Gasteiger partial charge in [-0.2, -0.15) is 0 Å². The maximum absolute atomic E-state index is 5.79. The number of nitrogens with zero attached hydrogens (tertiary/aromatic N) is 1. The van der Waals surface area contributed by atoms with Crippen LogP contribution in [0.4, 0.5) is 0 Å². The molecule has 0 aliphatic carbocycles. The van der Waals surface area contributed by atoms with Crippen molar-refractivity contribution in [2.45, 2.75) is 10.1 Å². The average molecular weight is 242 g/mol. The van der Waals surface area contributed by atoms with Gasteiger partial charge in [0, 0.05) is 22.4 Å². The number of rotatable bonds is 3. The molecule has 0 bridgehead atoms. The van der Waals surface area contributed by atoms with E-state index in [2.05, 4.69) is 4.98 Å². The molecule has 0 amide bonds. The first-order valence-corrected chi connectivity index (χ1v) is 6.35. The van der Waals surface area contributed by atoms with Crippen molar-refractivity contribution < 1.29 is 0 Å². The zero-order chi connectivity index (χ0) is 9.80. The Balaban J connectivity index is 1.95. The molecule has 0 unspecified atom stereocenters. The minimum atomic E-state index is 0.785. The zero-order valence-electron chi connectivity index (χ0n) is 7.31. The molecule has 14 heavy (non-hydrogen) atoms. The third kappa shape index (κ3) is 2.74. The molecule has 0 aliphatic heterocycles. The molecule has 0 fully saturated rings. The Bertz CT molecular complexity index is 383. The molecule has 0 saturated carbocycles. The molecule has 1 nitrogen and oxygen atoms in total. The Kier molecular flexibility index (Phi) is 3.45. The highest BCUT2D eigenvalue weighted by molar-refractivity contribution is 8.00. The van der Waals surface area contributed by atoms with Crippen LogP contribution >= 0.6 is 34.7 Å². The number of benzene rings is 1. The lowest BCUT2D eigenvalue weighted by Crippen LogP contribution is -1.78. The first kappa shape index (κ1) is 10.0. The third-order valence-corrected chi connectivity index (χ3v) is 3.97. The van der Waals surface area contributed by atoms with E-state index < -0.39 is 0 Å². The van der Waals surface area contributed by atoms with E-state index in [0.29, 0.717) is 0 Å². The zero-order valence-corrected chi connectivity index (χ0v) is 9.70. The average Bonchev–Trinajstić information content (AvgIpc) is 2.70. The predicted molar refractivity (Wildman–Crippen MR) is 63.1 cm³/mol. The molecular formula is C10H8ClNS2. The van der Waals surface area contributed by atoms with Crippen molar-refractivity contribution in [2.75, 3.05) is 0 Å². The summed E-state index contributed by atoms with van der Waals surface area (Å²) in [6, 6.07) is 7.92. The second-order valence-corrected chi connectivity index (χ2v) is 5.27. The van der Waals surface area contributed by atoms with E-state index in [1.807, 2.05) is 35.8 Å². The molecule has 0 N–H and O–H groups in total. The number of aromatic nitrogens is 1. The smallest absolute Gasteiger partial charge is 0.150 e. The molecule has 72 valence electrons. The summed E-state index contributed by atoms with van der Waals surface area (Å²) in [6.07, 6.45) is 1.83. The second-order valence-electron chi connectivity index (χ2n) is 2.71. The van der Waals surface area contributed by atoms with E-state index >= 15 is 0 Å². The highest BCUT2D eigenvalue weighted by Gasteiger charge is 1.97. The highest BCUT2D eigenvalue weighted by Crippen LogP contribution is 2.24.